The number of carbonyl (C=O) groups is 2. The zero-order valence-corrected chi connectivity index (χ0v) is 12.9. The summed E-state index contributed by atoms with van der Waals surface area (Å²) >= 11 is 1.29. The normalized spacial score (nSPS) is 19.8. The van der Waals surface area contributed by atoms with Crippen LogP contribution in [0, 0.1) is 6.92 Å². The molecule has 114 valence electrons. The van der Waals surface area contributed by atoms with Crippen LogP contribution in [0.2, 0.25) is 0 Å². The van der Waals surface area contributed by atoms with Gasteiger partial charge in [0.2, 0.25) is 0 Å². The number of carboxylic acid groups (broad SMARTS) is 1. The van der Waals surface area contributed by atoms with Crippen molar-refractivity contribution >= 4 is 29.3 Å². The maximum Gasteiger partial charge on any atom is 0.328 e. The molecule has 1 amide bonds. The Hall–Kier alpha value is -1.66. The summed E-state index contributed by atoms with van der Waals surface area (Å²) < 4.78 is 5.56. The lowest BCUT2D eigenvalue weighted by Gasteiger charge is -2.19. The molecule has 2 unspecified atom stereocenters. The van der Waals surface area contributed by atoms with Gasteiger partial charge in [0.25, 0.3) is 5.91 Å². The third-order valence-corrected chi connectivity index (χ3v) is 4.64. The highest BCUT2D eigenvalue weighted by Gasteiger charge is 2.24. The van der Waals surface area contributed by atoms with Gasteiger partial charge in [-0.2, -0.15) is 0 Å². The minimum absolute atomic E-state index is 0.0274. The van der Waals surface area contributed by atoms with E-state index in [1.807, 2.05) is 13.8 Å². The molecule has 21 heavy (non-hydrogen) atoms. The van der Waals surface area contributed by atoms with E-state index in [2.05, 4.69) is 5.32 Å². The highest BCUT2D eigenvalue weighted by Crippen LogP contribution is 2.24. The Balaban J connectivity index is 2.02. The fraction of sp³-hybridized carbons (Fsp3) is 0.467. The molecule has 1 aliphatic rings. The number of aliphatic carboxylic acids is 1. The van der Waals surface area contributed by atoms with Gasteiger partial charge in [-0.25, -0.2) is 4.79 Å². The second-order valence-electron chi connectivity index (χ2n) is 5.14. The van der Waals surface area contributed by atoms with Crippen LogP contribution in [0.5, 0.6) is 0 Å². The summed E-state index contributed by atoms with van der Waals surface area (Å²) in [6.45, 7) is 4.56. The van der Waals surface area contributed by atoms with Crippen LogP contribution in [0.3, 0.4) is 0 Å². The van der Waals surface area contributed by atoms with Crippen molar-refractivity contribution in [1.29, 1.82) is 0 Å². The molecule has 2 heterocycles. The van der Waals surface area contributed by atoms with E-state index in [-0.39, 0.29) is 18.1 Å². The molecule has 2 rings (SSSR count). The van der Waals surface area contributed by atoms with E-state index in [9.17, 15) is 9.59 Å². The Bertz CT molecular complexity index is 558. The number of rotatable bonds is 5. The van der Waals surface area contributed by atoms with E-state index < -0.39 is 5.97 Å². The second-order valence-corrected chi connectivity index (χ2v) is 6.23. The van der Waals surface area contributed by atoms with Gasteiger partial charge in [0.05, 0.1) is 17.0 Å². The van der Waals surface area contributed by atoms with Crippen LogP contribution in [0.4, 0.5) is 0 Å². The summed E-state index contributed by atoms with van der Waals surface area (Å²) in [5.74, 6) is -1.14. The number of amides is 1. The topological polar surface area (TPSA) is 75.6 Å². The van der Waals surface area contributed by atoms with E-state index in [1.165, 1.54) is 17.4 Å². The van der Waals surface area contributed by atoms with E-state index in [4.69, 9.17) is 9.84 Å². The van der Waals surface area contributed by atoms with Crippen LogP contribution in [0.25, 0.3) is 6.08 Å². The molecule has 0 spiro atoms. The highest BCUT2D eigenvalue weighted by atomic mass is 32.1. The van der Waals surface area contributed by atoms with Crippen LogP contribution in [0.1, 0.15) is 39.9 Å². The minimum Gasteiger partial charge on any atom is -0.478 e. The smallest absolute Gasteiger partial charge is 0.328 e. The van der Waals surface area contributed by atoms with Crippen molar-refractivity contribution in [3.8, 4) is 0 Å². The summed E-state index contributed by atoms with van der Waals surface area (Å²) in [7, 11) is 0. The summed E-state index contributed by atoms with van der Waals surface area (Å²) in [4.78, 5) is 24.1. The Kier molecular flexibility index (Phi) is 5.14. The first-order valence-electron chi connectivity index (χ1n) is 6.91. The van der Waals surface area contributed by atoms with Crippen LogP contribution in [0.15, 0.2) is 12.1 Å². The molecule has 1 aromatic heterocycles. The minimum atomic E-state index is -0.999. The van der Waals surface area contributed by atoms with Crippen molar-refractivity contribution < 1.29 is 19.4 Å². The van der Waals surface area contributed by atoms with Gasteiger partial charge in [0.1, 0.15) is 0 Å². The van der Waals surface area contributed by atoms with Crippen LogP contribution in [-0.4, -0.2) is 35.7 Å². The molecule has 0 saturated carbocycles. The molecule has 2 atom stereocenters. The van der Waals surface area contributed by atoms with E-state index in [0.717, 1.165) is 36.0 Å². The third-order valence-electron chi connectivity index (χ3n) is 3.44. The molecular weight excluding hydrogens is 290 g/mol. The van der Waals surface area contributed by atoms with Crippen LogP contribution >= 0.6 is 11.3 Å². The van der Waals surface area contributed by atoms with Crippen LogP contribution in [-0.2, 0) is 9.53 Å². The first-order chi connectivity index (χ1) is 9.97. The molecular formula is C15H19NO4S. The number of nitrogens with one attached hydrogen (secondary N) is 1. The van der Waals surface area contributed by atoms with Crippen molar-refractivity contribution in [3.05, 3.63) is 27.5 Å². The van der Waals surface area contributed by atoms with Crippen molar-refractivity contribution in [1.82, 2.24) is 5.32 Å². The predicted molar refractivity (Wildman–Crippen MR) is 81.6 cm³/mol. The number of hydrogen-bond donors (Lipinski definition) is 2. The summed E-state index contributed by atoms with van der Waals surface area (Å²) in [5, 5.41) is 11.6. The lowest BCUT2D eigenvalue weighted by molar-refractivity contribution is -0.131. The number of thiophene rings is 1. The van der Waals surface area contributed by atoms with Crippen molar-refractivity contribution in [2.45, 2.75) is 38.8 Å². The maximum absolute atomic E-state index is 12.2. The molecule has 5 nitrogen and oxygen atoms in total. The van der Waals surface area contributed by atoms with Gasteiger partial charge in [0, 0.05) is 17.6 Å². The van der Waals surface area contributed by atoms with Crippen molar-refractivity contribution in [2.75, 3.05) is 6.61 Å². The highest BCUT2D eigenvalue weighted by molar-refractivity contribution is 7.15. The molecule has 1 aliphatic heterocycles. The Labute approximate surface area is 127 Å². The zero-order valence-electron chi connectivity index (χ0n) is 12.1. The number of hydrogen-bond acceptors (Lipinski definition) is 4. The van der Waals surface area contributed by atoms with Crippen molar-refractivity contribution in [2.24, 2.45) is 0 Å². The summed E-state index contributed by atoms with van der Waals surface area (Å²) in [6.07, 6.45) is 4.68. The molecule has 0 aliphatic carbocycles. The molecule has 0 bridgehead atoms. The standard InChI is InChI=1S/C15H19NO4S/c1-9-8-13(21-12(9)5-6-14(17)18)15(19)16-10(2)11-4-3-7-20-11/h5-6,8,10-11H,3-4,7H2,1-2H3,(H,16,19)(H,17,18)/b6-5+. The van der Waals surface area contributed by atoms with Crippen molar-refractivity contribution in [3.63, 3.8) is 0 Å². The average molecular weight is 309 g/mol. The maximum atomic E-state index is 12.2. The number of carboxylic acids is 1. The molecule has 1 fully saturated rings. The lowest BCUT2D eigenvalue weighted by atomic mass is 10.1. The molecule has 6 heteroatoms. The fourth-order valence-electron chi connectivity index (χ4n) is 2.29. The number of carbonyl (C=O) groups excluding carboxylic acids is 1. The fourth-order valence-corrected chi connectivity index (χ4v) is 3.27. The Morgan fingerprint density at radius 2 is 2.33 bits per heavy atom. The second kappa shape index (κ2) is 6.87. The summed E-state index contributed by atoms with van der Waals surface area (Å²) in [6, 6.07) is 1.75. The molecule has 1 saturated heterocycles. The number of aryl methyl sites for hydroxylation is 1. The molecule has 0 radical (unpaired) electrons. The first-order valence-corrected chi connectivity index (χ1v) is 7.73. The first kappa shape index (κ1) is 15.7. The summed E-state index contributed by atoms with van der Waals surface area (Å²) in [5.41, 5.74) is 0.896. The van der Waals surface area contributed by atoms with Gasteiger partial charge >= 0.3 is 5.97 Å². The third kappa shape index (κ3) is 4.15. The predicted octanol–water partition coefficient (Wildman–Crippen LogP) is 2.45. The average Bonchev–Trinajstić information content (AvgIpc) is 3.05. The van der Waals surface area contributed by atoms with Crippen LogP contribution < -0.4 is 5.32 Å². The lowest BCUT2D eigenvalue weighted by Crippen LogP contribution is -2.40. The van der Waals surface area contributed by atoms with Gasteiger partial charge in [-0.3, -0.25) is 4.79 Å². The van der Waals surface area contributed by atoms with Gasteiger partial charge in [-0.05, 0) is 44.4 Å². The monoisotopic (exact) mass is 309 g/mol. The zero-order chi connectivity index (χ0) is 15.4. The molecule has 2 N–H and O–H groups in total. The largest absolute Gasteiger partial charge is 0.478 e. The Morgan fingerprint density at radius 3 is 2.95 bits per heavy atom. The quantitative estimate of drug-likeness (QED) is 0.819. The van der Waals surface area contributed by atoms with E-state index >= 15 is 0 Å². The van der Waals surface area contributed by atoms with E-state index in [1.54, 1.807) is 6.07 Å². The molecule has 0 aromatic carbocycles. The van der Waals surface area contributed by atoms with Gasteiger partial charge < -0.3 is 15.2 Å². The van der Waals surface area contributed by atoms with Gasteiger partial charge in [-0.1, -0.05) is 0 Å². The van der Waals surface area contributed by atoms with E-state index in [0.29, 0.717) is 4.88 Å². The Morgan fingerprint density at radius 1 is 1.57 bits per heavy atom. The van der Waals surface area contributed by atoms with Gasteiger partial charge in [0.15, 0.2) is 0 Å². The SMILES string of the molecule is Cc1cc(C(=O)NC(C)C2CCCO2)sc1/C=C/C(=O)O. The molecule has 1 aromatic rings. The number of ether oxygens (including phenoxy) is 1. The van der Waals surface area contributed by atoms with Gasteiger partial charge in [-0.15, -0.1) is 11.3 Å².